The molecule has 1 aromatic rings. The maximum absolute atomic E-state index is 13.0. The number of alkyl halides is 3. The summed E-state index contributed by atoms with van der Waals surface area (Å²) in [6.45, 7) is 1.61. The Morgan fingerprint density at radius 1 is 1.25 bits per heavy atom. The van der Waals surface area contributed by atoms with Gasteiger partial charge in [0.1, 0.15) is 0 Å². The fourth-order valence-electron chi connectivity index (χ4n) is 3.35. The van der Waals surface area contributed by atoms with Crippen molar-refractivity contribution in [1.82, 2.24) is 0 Å². The van der Waals surface area contributed by atoms with Crippen molar-refractivity contribution in [1.29, 1.82) is 0 Å². The number of halogens is 3. The third kappa shape index (κ3) is 3.91. The van der Waals surface area contributed by atoms with Gasteiger partial charge in [0.25, 0.3) is 0 Å². The van der Waals surface area contributed by atoms with Gasteiger partial charge in [-0.2, -0.15) is 13.2 Å². The van der Waals surface area contributed by atoms with Gasteiger partial charge < -0.3 is 10.2 Å². The van der Waals surface area contributed by atoms with E-state index in [2.05, 4.69) is 5.32 Å². The third-order valence-corrected chi connectivity index (χ3v) is 4.60. The molecule has 3 nitrogen and oxygen atoms in total. The number of nitrogens with zero attached hydrogens (tertiary/aromatic N) is 1. The third-order valence-electron chi connectivity index (χ3n) is 4.60. The van der Waals surface area contributed by atoms with Crippen molar-refractivity contribution < 1.29 is 18.0 Å². The minimum atomic E-state index is -4.42. The van der Waals surface area contributed by atoms with Gasteiger partial charge in [-0.1, -0.05) is 12.2 Å². The van der Waals surface area contributed by atoms with Gasteiger partial charge in [0, 0.05) is 19.5 Å². The summed E-state index contributed by atoms with van der Waals surface area (Å²) in [7, 11) is 0. The molecular weight excluding hydrogens is 317 g/mol. The Hall–Kier alpha value is -1.98. The minimum absolute atomic E-state index is 0.186. The Morgan fingerprint density at radius 2 is 2.00 bits per heavy atom. The quantitative estimate of drug-likeness (QED) is 0.814. The van der Waals surface area contributed by atoms with Gasteiger partial charge in [-0.3, -0.25) is 4.79 Å². The highest BCUT2D eigenvalue weighted by atomic mass is 19.4. The van der Waals surface area contributed by atoms with E-state index in [9.17, 15) is 18.0 Å². The number of hydrogen-bond donors (Lipinski definition) is 1. The van der Waals surface area contributed by atoms with Gasteiger partial charge in [0.05, 0.1) is 16.9 Å². The second-order valence-corrected chi connectivity index (χ2v) is 6.44. The average molecular weight is 338 g/mol. The van der Waals surface area contributed by atoms with Crippen molar-refractivity contribution in [3.63, 3.8) is 0 Å². The molecule has 1 amide bonds. The van der Waals surface area contributed by atoms with Gasteiger partial charge in [-0.25, -0.2) is 0 Å². The molecule has 24 heavy (non-hydrogen) atoms. The molecule has 1 saturated heterocycles. The van der Waals surface area contributed by atoms with Crippen molar-refractivity contribution in [2.45, 2.75) is 38.3 Å². The minimum Gasteiger partial charge on any atom is -0.370 e. The molecule has 1 aliphatic carbocycles. The van der Waals surface area contributed by atoms with E-state index >= 15 is 0 Å². The van der Waals surface area contributed by atoms with E-state index in [0.29, 0.717) is 12.1 Å². The highest BCUT2D eigenvalue weighted by Crippen LogP contribution is 2.36. The fourth-order valence-corrected chi connectivity index (χ4v) is 3.35. The molecule has 2 aliphatic rings. The van der Waals surface area contributed by atoms with E-state index in [1.165, 1.54) is 6.07 Å². The second kappa shape index (κ2) is 6.87. The zero-order valence-electron chi connectivity index (χ0n) is 13.4. The van der Waals surface area contributed by atoms with Crippen LogP contribution >= 0.6 is 0 Å². The lowest BCUT2D eigenvalue weighted by atomic mass is 10.0. The monoisotopic (exact) mass is 338 g/mol. The zero-order chi connectivity index (χ0) is 17.2. The van der Waals surface area contributed by atoms with Crippen molar-refractivity contribution in [2.75, 3.05) is 23.3 Å². The first-order valence-corrected chi connectivity index (χ1v) is 8.36. The lowest BCUT2D eigenvalue weighted by Crippen LogP contribution is -2.22. The topological polar surface area (TPSA) is 32.3 Å². The number of benzene rings is 1. The molecule has 1 fully saturated rings. The average Bonchev–Trinajstić information content (AvgIpc) is 3.19. The maximum atomic E-state index is 13.0. The highest BCUT2D eigenvalue weighted by molar-refractivity contribution is 5.95. The normalized spacial score (nSPS) is 20.6. The van der Waals surface area contributed by atoms with Crippen LogP contribution in [0, 0.1) is 5.92 Å². The van der Waals surface area contributed by atoms with Crippen molar-refractivity contribution in [3.05, 3.63) is 35.9 Å². The lowest BCUT2D eigenvalue weighted by Gasteiger charge is -2.23. The first kappa shape index (κ1) is 16.9. The maximum Gasteiger partial charge on any atom is 0.416 e. The van der Waals surface area contributed by atoms with Gasteiger partial charge in [0.15, 0.2) is 0 Å². The van der Waals surface area contributed by atoms with Crippen LogP contribution in [0.25, 0.3) is 0 Å². The lowest BCUT2D eigenvalue weighted by molar-refractivity contribution is -0.137. The molecule has 130 valence electrons. The van der Waals surface area contributed by atoms with Crippen LogP contribution < -0.4 is 10.2 Å². The Bertz CT molecular complexity index is 634. The number of amides is 1. The van der Waals surface area contributed by atoms with Crippen molar-refractivity contribution in [3.8, 4) is 0 Å². The second-order valence-electron chi connectivity index (χ2n) is 6.44. The molecule has 1 aromatic carbocycles. The molecule has 0 saturated carbocycles. The summed E-state index contributed by atoms with van der Waals surface area (Å²) in [6.07, 6.45) is 3.85. The summed E-state index contributed by atoms with van der Waals surface area (Å²) in [6, 6.07) is 3.61. The zero-order valence-corrected chi connectivity index (χ0v) is 13.4. The van der Waals surface area contributed by atoms with E-state index in [1.54, 1.807) is 0 Å². The summed E-state index contributed by atoms with van der Waals surface area (Å²) in [4.78, 5) is 14.3. The number of anilines is 2. The number of hydrogen-bond acceptors (Lipinski definition) is 2. The van der Waals surface area contributed by atoms with Crippen LogP contribution in [0.1, 0.15) is 37.7 Å². The molecule has 3 rings (SSSR count). The molecule has 0 bridgehead atoms. The van der Waals surface area contributed by atoms with Crippen LogP contribution in [0.2, 0.25) is 0 Å². The van der Waals surface area contributed by atoms with E-state index in [-0.39, 0.29) is 17.5 Å². The van der Waals surface area contributed by atoms with Crippen LogP contribution in [0.15, 0.2) is 30.4 Å². The number of carbonyl (C=O) groups is 1. The van der Waals surface area contributed by atoms with Crippen LogP contribution in [-0.2, 0) is 11.0 Å². The van der Waals surface area contributed by atoms with Gasteiger partial charge >= 0.3 is 6.18 Å². The summed E-state index contributed by atoms with van der Waals surface area (Å²) in [5.41, 5.74) is 0.205. The standard InChI is InChI=1S/C18H21F3N2O/c19-18(20,21)14-7-8-16(23-9-3-4-10-23)15(12-14)22-17(24)11-13-5-1-2-6-13/h1,5,7-8,12-13H,2-4,6,9-11H2,(H,22,24)/t13-/m1/s1. The SMILES string of the molecule is O=C(C[C@@H]1C=CCC1)Nc1cc(C(F)(F)F)ccc1N1CCCC1. The number of carbonyl (C=O) groups excluding carboxylic acids is 1. The molecule has 0 radical (unpaired) electrons. The molecule has 1 N–H and O–H groups in total. The first-order valence-electron chi connectivity index (χ1n) is 8.36. The Labute approximate surface area is 139 Å². The highest BCUT2D eigenvalue weighted by Gasteiger charge is 2.32. The molecule has 6 heteroatoms. The summed E-state index contributed by atoms with van der Waals surface area (Å²) in [5.74, 6) is -0.0441. The molecular formula is C18H21F3N2O. The predicted molar refractivity (Wildman–Crippen MR) is 88.0 cm³/mol. The Balaban J connectivity index is 1.81. The summed E-state index contributed by atoms with van der Waals surface area (Å²) >= 11 is 0. The van der Waals surface area contributed by atoms with Crippen molar-refractivity contribution >= 4 is 17.3 Å². The Morgan fingerprint density at radius 3 is 2.62 bits per heavy atom. The van der Waals surface area contributed by atoms with E-state index in [0.717, 1.165) is 50.9 Å². The largest absolute Gasteiger partial charge is 0.416 e. The Kier molecular flexibility index (Phi) is 4.83. The fraction of sp³-hybridized carbons (Fsp3) is 0.500. The smallest absolute Gasteiger partial charge is 0.370 e. The van der Waals surface area contributed by atoms with Crippen molar-refractivity contribution in [2.24, 2.45) is 5.92 Å². The number of rotatable bonds is 4. The first-order chi connectivity index (χ1) is 11.4. The van der Waals surface area contributed by atoms with E-state index < -0.39 is 11.7 Å². The van der Waals surface area contributed by atoms with Crippen LogP contribution in [-0.4, -0.2) is 19.0 Å². The van der Waals surface area contributed by atoms with Gasteiger partial charge in [0.2, 0.25) is 5.91 Å². The number of nitrogens with one attached hydrogen (secondary N) is 1. The molecule has 0 aromatic heterocycles. The van der Waals surface area contributed by atoms with Crippen LogP contribution in [0.3, 0.4) is 0 Å². The molecule has 1 heterocycles. The molecule has 0 unspecified atom stereocenters. The van der Waals surface area contributed by atoms with Gasteiger partial charge in [-0.15, -0.1) is 0 Å². The summed E-state index contributed by atoms with van der Waals surface area (Å²) in [5, 5.41) is 2.71. The molecule has 0 spiro atoms. The van der Waals surface area contributed by atoms with Crippen LogP contribution in [0.5, 0.6) is 0 Å². The summed E-state index contributed by atoms with van der Waals surface area (Å²) < 4.78 is 39.0. The van der Waals surface area contributed by atoms with E-state index in [1.807, 2.05) is 17.1 Å². The molecule has 1 atom stereocenters. The van der Waals surface area contributed by atoms with Gasteiger partial charge in [-0.05, 0) is 49.8 Å². The van der Waals surface area contributed by atoms with E-state index in [4.69, 9.17) is 0 Å². The molecule has 1 aliphatic heterocycles. The number of allylic oxidation sites excluding steroid dienone is 2. The van der Waals surface area contributed by atoms with Crippen LogP contribution in [0.4, 0.5) is 24.5 Å². The predicted octanol–water partition coefficient (Wildman–Crippen LogP) is 4.60.